The first kappa shape index (κ1) is 18.5. The van der Waals surface area contributed by atoms with Crippen LogP contribution in [0.1, 0.15) is 41.7 Å². The maximum absolute atomic E-state index is 13.2. The van der Waals surface area contributed by atoms with Crippen LogP contribution in [0.3, 0.4) is 0 Å². The van der Waals surface area contributed by atoms with Crippen molar-refractivity contribution in [1.29, 1.82) is 0 Å². The van der Waals surface area contributed by atoms with E-state index in [1.54, 1.807) is 6.33 Å². The van der Waals surface area contributed by atoms with Crippen molar-refractivity contribution in [2.45, 2.75) is 32.6 Å². The van der Waals surface area contributed by atoms with E-state index in [4.69, 9.17) is 0 Å². The first-order valence-corrected chi connectivity index (χ1v) is 10.8. The minimum atomic E-state index is -0.353. The van der Waals surface area contributed by atoms with E-state index in [1.807, 2.05) is 11.8 Å². The molecule has 31 heavy (non-hydrogen) atoms. The van der Waals surface area contributed by atoms with Crippen molar-refractivity contribution in [3.8, 4) is 0 Å². The van der Waals surface area contributed by atoms with E-state index >= 15 is 0 Å². The maximum atomic E-state index is 13.2. The number of aromatic nitrogens is 6. The van der Waals surface area contributed by atoms with Crippen molar-refractivity contribution >= 4 is 22.8 Å². The van der Waals surface area contributed by atoms with Gasteiger partial charge in [-0.1, -0.05) is 12.8 Å². The Balaban J connectivity index is 1.35. The molecule has 5 heterocycles. The lowest BCUT2D eigenvalue weighted by Gasteiger charge is -2.41. The molecule has 2 unspecified atom stereocenters. The molecule has 2 saturated heterocycles. The summed E-state index contributed by atoms with van der Waals surface area (Å²) in [5.41, 5.74) is 1.73. The van der Waals surface area contributed by atoms with Crippen LogP contribution in [0.25, 0.3) is 11.0 Å². The standard InChI is InChI=1S/C21H24N8O2/c1-13-16-17(27-25-13)22-12-23-18(16)28-8-20-4-2-3-5-21(20,9-28)11-29(10-20)19(31)14-6-15(30)26-24-7-14/h6-7,12H,2-5,8-11H2,1H3,(H,26,30)(H,22,23,25,27). The molecule has 0 bridgehead atoms. The summed E-state index contributed by atoms with van der Waals surface area (Å²) in [5, 5.41) is 14.5. The van der Waals surface area contributed by atoms with Crippen molar-refractivity contribution in [2.24, 2.45) is 10.8 Å². The van der Waals surface area contributed by atoms with Gasteiger partial charge >= 0.3 is 0 Å². The van der Waals surface area contributed by atoms with Gasteiger partial charge in [-0.15, -0.1) is 0 Å². The predicted octanol–water partition coefficient (Wildman–Crippen LogP) is 1.27. The zero-order valence-corrected chi connectivity index (χ0v) is 17.4. The minimum absolute atomic E-state index is 0.0322. The van der Waals surface area contributed by atoms with Crippen LogP contribution in [0, 0.1) is 17.8 Å². The lowest BCUT2D eigenvalue weighted by Crippen LogP contribution is -2.42. The molecule has 160 valence electrons. The molecule has 3 fully saturated rings. The van der Waals surface area contributed by atoms with E-state index < -0.39 is 0 Å². The van der Waals surface area contributed by atoms with Crippen LogP contribution < -0.4 is 10.5 Å². The third-order valence-corrected chi connectivity index (χ3v) is 7.67. The Morgan fingerprint density at radius 1 is 1.06 bits per heavy atom. The van der Waals surface area contributed by atoms with Gasteiger partial charge in [0, 0.05) is 48.8 Å². The molecule has 0 spiro atoms. The van der Waals surface area contributed by atoms with Crippen molar-refractivity contribution in [3.05, 3.63) is 40.2 Å². The highest BCUT2D eigenvalue weighted by Crippen LogP contribution is 2.60. The van der Waals surface area contributed by atoms with Gasteiger partial charge < -0.3 is 9.80 Å². The number of carbonyl (C=O) groups excluding carboxylic acids is 1. The second kappa shape index (κ2) is 6.35. The fourth-order valence-electron chi connectivity index (χ4n) is 6.31. The topological polar surface area (TPSA) is 124 Å². The molecule has 3 aromatic heterocycles. The lowest BCUT2D eigenvalue weighted by molar-refractivity contribution is 0.0768. The normalized spacial score (nSPS) is 27.5. The van der Waals surface area contributed by atoms with Gasteiger partial charge in [0.25, 0.3) is 11.5 Å². The summed E-state index contributed by atoms with van der Waals surface area (Å²) in [6.07, 6.45) is 7.57. The van der Waals surface area contributed by atoms with E-state index in [0.29, 0.717) is 24.3 Å². The van der Waals surface area contributed by atoms with Gasteiger partial charge in [-0.2, -0.15) is 10.2 Å². The second-order valence-electron chi connectivity index (χ2n) is 9.36. The molecule has 6 rings (SSSR count). The predicted molar refractivity (Wildman–Crippen MR) is 113 cm³/mol. The number of fused-ring (bicyclic) bond motifs is 1. The van der Waals surface area contributed by atoms with Crippen LogP contribution in [0.15, 0.2) is 23.4 Å². The van der Waals surface area contributed by atoms with Gasteiger partial charge in [-0.3, -0.25) is 14.7 Å². The van der Waals surface area contributed by atoms with Crippen LogP contribution >= 0.6 is 0 Å². The summed E-state index contributed by atoms with van der Waals surface area (Å²) in [5.74, 6) is 0.832. The Kier molecular flexibility index (Phi) is 3.78. The molecule has 10 nitrogen and oxygen atoms in total. The van der Waals surface area contributed by atoms with Crippen LogP contribution in [-0.2, 0) is 0 Å². The number of amides is 1. The van der Waals surface area contributed by atoms with Gasteiger partial charge in [-0.25, -0.2) is 15.1 Å². The number of hydrogen-bond acceptors (Lipinski definition) is 7. The van der Waals surface area contributed by atoms with Gasteiger partial charge in [-0.05, 0) is 19.8 Å². The number of aromatic amines is 2. The lowest BCUT2D eigenvalue weighted by atomic mass is 9.60. The van der Waals surface area contributed by atoms with Crippen molar-refractivity contribution < 1.29 is 4.79 Å². The van der Waals surface area contributed by atoms with Gasteiger partial charge in [0.15, 0.2) is 5.65 Å². The Morgan fingerprint density at radius 2 is 1.81 bits per heavy atom. The third kappa shape index (κ3) is 2.56. The minimum Gasteiger partial charge on any atom is -0.355 e. The molecule has 0 radical (unpaired) electrons. The Hall–Kier alpha value is -3.30. The number of hydrogen-bond donors (Lipinski definition) is 2. The molecule has 2 aliphatic heterocycles. The fourth-order valence-corrected chi connectivity index (χ4v) is 6.31. The number of nitrogens with one attached hydrogen (secondary N) is 2. The Bertz CT molecular complexity index is 1230. The summed E-state index contributed by atoms with van der Waals surface area (Å²) in [6.45, 7) is 5.13. The number of rotatable bonds is 2. The van der Waals surface area contributed by atoms with Crippen molar-refractivity contribution in [2.75, 3.05) is 31.1 Å². The molecule has 10 heteroatoms. The summed E-state index contributed by atoms with van der Waals surface area (Å²) in [6, 6.07) is 1.34. The van der Waals surface area contributed by atoms with Gasteiger partial charge in [0.2, 0.25) is 0 Å². The van der Waals surface area contributed by atoms with Crippen LogP contribution in [-0.4, -0.2) is 67.3 Å². The molecule has 2 N–H and O–H groups in total. The molecular formula is C21H24N8O2. The van der Waals surface area contributed by atoms with E-state index in [9.17, 15) is 9.59 Å². The third-order valence-electron chi connectivity index (χ3n) is 7.67. The highest BCUT2D eigenvalue weighted by Gasteiger charge is 2.64. The largest absolute Gasteiger partial charge is 0.355 e. The van der Waals surface area contributed by atoms with Crippen LogP contribution in [0.2, 0.25) is 0 Å². The number of H-pyrrole nitrogens is 2. The summed E-state index contributed by atoms with van der Waals surface area (Å²) >= 11 is 0. The van der Waals surface area contributed by atoms with Crippen LogP contribution in [0.5, 0.6) is 0 Å². The van der Waals surface area contributed by atoms with E-state index in [1.165, 1.54) is 25.1 Å². The zero-order valence-electron chi connectivity index (χ0n) is 17.4. The molecule has 1 amide bonds. The van der Waals surface area contributed by atoms with Crippen molar-refractivity contribution in [3.63, 3.8) is 0 Å². The summed E-state index contributed by atoms with van der Waals surface area (Å²) in [7, 11) is 0. The van der Waals surface area contributed by atoms with E-state index in [2.05, 4.69) is 35.3 Å². The molecule has 3 aliphatic rings. The highest BCUT2D eigenvalue weighted by molar-refractivity contribution is 5.94. The number of likely N-dealkylation sites (tertiary alicyclic amines) is 1. The molecule has 1 saturated carbocycles. The number of aryl methyl sites for hydroxylation is 1. The van der Waals surface area contributed by atoms with E-state index in [-0.39, 0.29) is 22.3 Å². The SMILES string of the molecule is Cc1[nH]nc2ncnc(N3CC45CCCCC4(CN(C(=O)c4cn[nH]c(=O)c4)C5)C3)c12. The molecule has 1 aliphatic carbocycles. The molecule has 3 aromatic rings. The zero-order chi connectivity index (χ0) is 21.2. The number of nitrogens with zero attached hydrogens (tertiary/aromatic N) is 6. The Morgan fingerprint density at radius 3 is 2.52 bits per heavy atom. The average molecular weight is 420 g/mol. The summed E-state index contributed by atoms with van der Waals surface area (Å²) in [4.78, 5) is 38.1. The number of anilines is 1. The first-order valence-electron chi connectivity index (χ1n) is 10.8. The van der Waals surface area contributed by atoms with Crippen LogP contribution in [0.4, 0.5) is 5.82 Å². The Labute approximate surface area is 178 Å². The highest BCUT2D eigenvalue weighted by atomic mass is 16.2. The fraction of sp³-hybridized carbons (Fsp3) is 0.524. The number of carbonyl (C=O) groups is 1. The monoisotopic (exact) mass is 420 g/mol. The molecular weight excluding hydrogens is 396 g/mol. The first-order chi connectivity index (χ1) is 15.0. The quantitative estimate of drug-likeness (QED) is 0.640. The van der Waals surface area contributed by atoms with Crippen molar-refractivity contribution in [1.82, 2.24) is 35.3 Å². The second-order valence-corrected chi connectivity index (χ2v) is 9.36. The van der Waals surface area contributed by atoms with E-state index in [0.717, 1.165) is 42.8 Å². The summed E-state index contributed by atoms with van der Waals surface area (Å²) < 4.78 is 0. The van der Waals surface area contributed by atoms with Gasteiger partial charge in [0.1, 0.15) is 12.1 Å². The average Bonchev–Trinajstić information content (AvgIpc) is 3.41. The smallest absolute Gasteiger partial charge is 0.264 e. The van der Waals surface area contributed by atoms with Gasteiger partial charge in [0.05, 0.1) is 17.1 Å². The maximum Gasteiger partial charge on any atom is 0.264 e. The molecule has 2 atom stereocenters. The molecule has 0 aromatic carbocycles.